The van der Waals surface area contributed by atoms with Crippen LogP contribution in [0.4, 0.5) is 23.7 Å². The number of rotatable bonds is 0. The number of anilines is 1. The Morgan fingerprint density at radius 1 is 1.44 bits per heavy atom. The van der Waals surface area contributed by atoms with E-state index in [0.717, 1.165) is 13.1 Å². The van der Waals surface area contributed by atoms with Crippen molar-refractivity contribution >= 4 is 23.3 Å². The number of nitrogens with zero attached hydrogens (tertiary/aromatic N) is 1. The van der Waals surface area contributed by atoms with Gasteiger partial charge in [-0.15, -0.1) is 0 Å². The first-order valence-electron chi connectivity index (χ1n) is 4.82. The summed E-state index contributed by atoms with van der Waals surface area (Å²) in [7, 11) is 0.854. The van der Waals surface area contributed by atoms with Gasteiger partial charge in [-0.1, -0.05) is 11.6 Å². The summed E-state index contributed by atoms with van der Waals surface area (Å²) < 4.78 is 39.1. The summed E-state index contributed by atoms with van der Waals surface area (Å²) >= 11 is 5.63. The van der Waals surface area contributed by atoms with E-state index in [9.17, 15) is 23.1 Å². The van der Waals surface area contributed by atoms with Crippen molar-refractivity contribution in [2.24, 2.45) is 0 Å². The highest BCUT2D eigenvalue weighted by molar-refractivity contribution is 6.30. The van der Waals surface area contributed by atoms with Gasteiger partial charge >= 0.3 is 12.2 Å². The van der Waals surface area contributed by atoms with E-state index in [1.807, 2.05) is 0 Å². The fourth-order valence-electron chi connectivity index (χ4n) is 1.78. The molecule has 0 aliphatic carbocycles. The molecule has 98 valence electrons. The normalized spacial score (nSPS) is 23.7. The van der Waals surface area contributed by atoms with Crippen LogP contribution in [0.3, 0.4) is 0 Å². The van der Waals surface area contributed by atoms with E-state index >= 15 is 0 Å². The van der Waals surface area contributed by atoms with Gasteiger partial charge in [0.05, 0.1) is 5.69 Å². The summed E-state index contributed by atoms with van der Waals surface area (Å²) in [5, 5.41) is 12.2. The van der Waals surface area contributed by atoms with Gasteiger partial charge in [-0.3, -0.25) is 4.90 Å². The molecule has 1 aromatic carbocycles. The molecule has 0 spiro atoms. The molecule has 1 atom stereocenters. The molecule has 1 aliphatic rings. The number of carbonyl (C=O) groups excluding carboxylic acids is 1. The largest absolute Gasteiger partial charge is 0.441 e. The van der Waals surface area contributed by atoms with Gasteiger partial charge in [-0.05, 0) is 18.2 Å². The van der Waals surface area contributed by atoms with Crippen molar-refractivity contribution in [2.75, 3.05) is 12.4 Å². The number of carbonyl (C=O) groups is 1. The number of hydrogen-bond donors (Lipinski definition) is 2. The quantitative estimate of drug-likeness (QED) is 0.767. The number of halogens is 4. The van der Waals surface area contributed by atoms with Crippen molar-refractivity contribution in [3.8, 4) is 0 Å². The molecule has 0 fully saturated rings. The molecule has 2 N–H and O–H groups in total. The highest BCUT2D eigenvalue weighted by Gasteiger charge is 2.62. The molecule has 0 saturated heterocycles. The monoisotopic (exact) mass is 280 g/mol. The molecule has 1 heterocycles. The van der Waals surface area contributed by atoms with Crippen LogP contribution in [0.5, 0.6) is 0 Å². The number of nitrogens with one attached hydrogen (secondary N) is 1. The third-order valence-electron chi connectivity index (χ3n) is 2.78. The first-order valence-corrected chi connectivity index (χ1v) is 5.19. The molecule has 2 amide bonds. The van der Waals surface area contributed by atoms with Crippen molar-refractivity contribution in [1.29, 1.82) is 0 Å². The van der Waals surface area contributed by atoms with Crippen LogP contribution in [0.15, 0.2) is 18.2 Å². The van der Waals surface area contributed by atoms with Crippen LogP contribution in [-0.2, 0) is 5.72 Å². The van der Waals surface area contributed by atoms with E-state index < -0.39 is 23.5 Å². The van der Waals surface area contributed by atoms with E-state index in [-0.39, 0.29) is 15.6 Å². The van der Waals surface area contributed by atoms with E-state index in [1.165, 1.54) is 12.1 Å². The molecule has 0 radical (unpaired) electrons. The summed E-state index contributed by atoms with van der Waals surface area (Å²) in [6.45, 7) is 0. The molecule has 4 nitrogen and oxygen atoms in total. The highest BCUT2D eigenvalue weighted by atomic mass is 35.5. The Hall–Kier alpha value is -1.47. The third-order valence-corrected chi connectivity index (χ3v) is 3.02. The second-order valence-corrected chi connectivity index (χ2v) is 4.29. The lowest BCUT2D eigenvalue weighted by molar-refractivity contribution is -0.309. The molecule has 0 saturated carbocycles. The van der Waals surface area contributed by atoms with Crippen LogP contribution >= 0.6 is 11.6 Å². The first kappa shape index (κ1) is 13.0. The van der Waals surface area contributed by atoms with Gasteiger partial charge < -0.3 is 10.4 Å². The second kappa shape index (κ2) is 3.76. The Morgan fingerprint density at radius 2 is 2.06 bits per heavy atom. The minimum atomic E-state index is -5.04. The number of benzene rings is 1. The minimum absolute atomic E-state index is 0.0287. The van der Waals surface area contributed by atoms with E-state index in [4.69, 9.17) is 11.6 Å². The average molecular weight is 281 g/mol. The number of hydrogen-bond acceptors (Lipinski definition) is 2. The van der Waals surface area contributed by atoms with Gasteiger partial charge in [0, 0.05) is 17.6 Å². The van der Waals surface area contributed by atoms with Crippen LogP contribution in [0.25, 0.3) is 0 Å². The van der Waals surface area contributed by atoms with Crippen molar-refractivity contribution in [3.05, 3.63) is 28.8 Å². The second-order valence-electron chi connectivity index (χ2n) is 3.85. The predicted octanol–water partition coefficient (Wildman–Crippen LogP) is 2.52. The molecule has 2 rings (SSSR count). The van der Waals surface area contributed by atoms with Gasteiger partial charge in [0.1, 0.15) is 0 Å². The molecule has 8 heteroatoms. The molecule has 1 aromatic rings. The average Bonchev–Trinajstić information content (AvgIpc) is 2.26. The molecule has 18 heavy (non-hydrogen) atoms. The van der Waals surface area contributed by atoms with Gasteiger partial charge in [0.2, 0.25) is 0 Å². The fourth-order valence-corrected chi connectivity index (χ4v) is 1.96. The zero-order valence-electron chi connectivity index (χ0n) is 9.05. The molecule has 1 aliphatic heterocycles. The summed E-state index contributed by atoms with van der Waals surface area (Å²) in [6, 6.07) is 2.45. The number of aliphatic hydroxyl groups is 1. The van der Waals surface area contributed by atoms with Crippen molar-refractivity contribution in [1.82, 2.24) is 4.90 Å². The van der Waals surface area contributed by atoms with Crippen LogP contribution in [0.1, 0.15) is 5.56 Å². The molecule has 1 unspecified atom stereocenters. The maximum Gasteiger partial charge on any atom is 0.441 e. The smallest absolute Gasteiger partial charge is 0.360 e. The van der Waals surface area contributed by atoms with Gasteiger partial charge in [-0.25, -0.2) is 4.79 Å². The summed E-state index contributed by atoms with van der Waals surface area (Å²) in [4.78, 5) is 11.6. The van der Waals surface area contributed by atoms with Gasteiger partial charge in [-0.2, -0.15) is 13.2 Å². The maximum absolute atomic E-state index is 13.0. The van der Waals surface area contributed by atoms with Crippen molar-refractivity contribution in [3.63, 3.8) is 0 Å². The number of urea groups is 1. The van der Waals surface area contributed by atoms with E-state index in [0.29, 0.717) is 0 Å². The summed E-state index contributed by atoms with van der Waals surface area (Å²) in [5.74, 6) is 0. The zero-order chi connectivity index (χ0) is 13.7. The predicted molar refractivity (Wildman–Crippen MR) is 58.2 cm³/mol. The molecular formula is C10H8ClF3N2O2. The lowest BCUT2D eigenvalue weighted by Gasteiger charge is -2.42. The number of fused-ring (bicyclic) bond motifs is 1. The van der Waals surface area contributed by atoms with E-state index in [2.05, 4.69) is 5.32 Å². The van der Waals surface area contributed by atoms with E-state index in [1.54, 1.807) is 0 Å². The zero-order valence-corrected chi connectivity index (χ0v) is 9.80. The Balaban J connectivity index is 2.73. The third kappa shape index (κ3) is 1.62. The Bertz CT molecular complexity index is 520. The summed E-state index contributed by atoms with van der Waals surface area (Å²) in [5.41, 5.74) is -4.03. The van der Waals surface area contributed by atoms with Crippen molar-refractivity contribution in [2.45, 2.75) is 11.9 Å². The lowest BCUT2D eigenvalue weighted by atomic mass is 9.96. The lowest BCUT2D eigenvalue weighted by Crippen LogP contribution is -2.60. The van der Waals surface area contributed by atoms with Crippen LogP contribution in [0, 0.1) is 0 Å². The minimum Gasteiger partial charge on any atom is -0.360 e. The molecule has 0 aromatic heterocycles. The van der Waals surface area contributed by atoms with Crippen LogP contribution < -0.4 is 5.32 Å². The molecular weight excluding hydrogens is 273 g/mol. The van der Waals surface area contributed by atoms with Gasteiger partial charge in [0.25, 0.3) is 5.72 Å². The standard InChI is InChI=1S/C10H8ClF3N2O2/c1-16-8(17)15-7-3-2-5(11)4-6(7)9(16,18)10(12,13)14/h2-4,18H,1H3,(H,15,17). The van der Waals surface area contributed by atoms with Crippen LogP contribution in [0.2, 0.25) is 5.02 Å². The Morgan fingerprint density at radius 3 is 2.61 bits per heavy atom. The van der Waals surface area contributed by atoms with Crippen LogP contribution in [-0.4, -0.2) is 29.3 Å². The number of amides is 2. The number of alkyl halides is 3. The summed E-state index contributed by atoms with van der Waals surface area (Å²) in [6.07, 6.45) is -5.04. The van der Waals surface area contributed by atoms with Gasteiger partial charge in [0.15, 0.2) is 0 Å². The maximum atomic E-state index is 13.0. The molecule has 0 bridgehead atoms. The SMILES string of the molecule is CN1C(=O)Nc2ccc(Cl)cc2C1(O)C(F)(F)F. The Kier molecular flexibility index (Phi) is 2.71. The van der Waals surface area contributed by atoms with Crippen molar-refractivity contribution < 1.29 is 23.1 Å². The fraction of sp³-hybridized carbons (Fsp3) is 0.300. The topological polar surface area (TPSA) is 52.6 Å². The highest BCUT2D eigenvalue weighted by Crippen LogP contribution is 2.46. The first-order chi connectivity index (χ1) is 8.18. The Labute approximate surface area is 105 Å².